The van der Waals surface area contributed by atoms with Gasteiger partial charge < -0.3 is 4.90 Å². The van der Waals surface area contributed by atoms with Gasteiger partial charge in [0.15, 0.2) is 0 Å². The van der Waals surface area contributed by atoms with Crippen molar-refractivity contribution in [3.63, 3.8) is 0 Å². The van der Waals surface area contributed by atoms with Crippen LogP contribution in [-0.2, 0) is 11.3 Å². The highest BCUT2D eigenvalue weighted by atomic mass is 16.2. The lowest BCUT2D eigenvalue weighted by Gasteiger charge is -2.30. The highest BCUT2D eigenvalue weighted by Crippen LogP contribution is 2.20. The average molecular weight is 281 g/mol. The second kappa shape index (κ2) is 7.07. The van der Waals surface area contributed by atoms with Crippen molar-refractivity contribution in [3.05, 3.63) is 71.8 Å². The first-order valence-corrected chi connectivity index (χ1v) is 7.49. The van der Waals surface area contributed by atoms with Gasteiger partial charge in [0.1, 0.15) is 0 Å². The quantitative estimate of drug-likeness (QED) is 0.803. The summed E-state index contributed by atoms with van der Waals surface area (Å²) >= 11 is 0. The summed E-state index contributed by atoms with van der Waals surface area (Å²) in [6.07, 6.45) is 0. The summed E-state index contributed by atoms with van der Waals surface area (Å²) in [6.45, 7) is 6.78. The number of carbonyl (C=O) groups is 1. The summed E-state index contributed by atoms with van der Waals surface area (Å²) in [4.78, 5) is 14.8. The van der Waals surface area contributed by atoms with E-state index >= 15 is 0 Å². The first-order valence-electron chi connectivity index (χ1n) is 7.49. The minimum Gasteiger partial charge on any atom is -0.335 e. The number of hydrogen-bond acceptors (Lipinski definition) is 1. The Hall–Kier alpha value is -2.09. The van der Waals surface area contributed by atoms with E-state index in [0.717, 1.165) is 5.56 Å². The van der Waals surface area contributed by atoms with Crippen molar-refractivity contribution >= 4 is 5.91 Å². The Balaban J connectivity index is 2.16. The Morgan fingerprint density at radius 2 is 1.43 bits per heavy atom. The van der Waals surface area contributed by atoms with Gasteiger partial charge in [0.05, 0.1) is 5.92 Å². The summed E-state index contributed by atoms with van der Waals surface area (Å²) in [5.41, 5.74) is 2.24. The van der Waals surface area contributed by atoms with Gasteiger partial charge in [-0.2, -0.15) is 0 Å². The Morgan fingerprint density at radius 1 is 0.905 bits per heavy atom. The van der Waals surface area contributed by atoms with E-state index in [0.29, 0.717) is 6.54 Å². The minimum absolute atomic E-state index is 0.114. The number of amides is 1. The molecule has 2 aromatic rings. The Kier molecular flexibility index (Phi) is 5.15. The zero-order chi connectivity index (χ0) is 15.2. The first-order chi connectivity index (χ1) is 10.1. The summed E-state index contributed by atoms with van der Waals surface area (Å²) in [7, 11) is 0. The molecule has 0 aliphatic heterocycles. The lowest BCUT2D eigenvalue weighted by Crippen LogP contribution is -2.38. The van der Waals surface area contributed by atoms with Crippen molar-refractivity contribution in [1.82, 2.24) is 4.90 Å². The van der Waals surface area contributed by atoms with E-state index in [1.807, 2.05) is 60.4 Å². The van der Waals surface area contributed by atoms with Crippen LogP contribution in [0.3, 0.4) is 0 Å². The number of rotatable bonds is 5. The zero-order valence-corrected chi connectivity index (χ0v) is 13.0. The fourth-order valence-electron chi connectivity index (χ4n) is 2.43. The molecular weight excluding hydrogens is 258 g/mol. The molecule has 110 valence electrons. The molecule has 2 aromatic carbocycles. The topological polar surface area (TPSA) is 20.3 Å². The molecule has 0 aliphatic carbocycles. The van der Waals surface area contributed by atoms with Crippen molar-refractivity contribution < 1.29 is 4.79 Å². The standard InChI is InChI=1S/C19H23NO/c1-15(2)20(14-17-10-6-4-7-11-17)19(21)16(3)18-12-8-5-9-13-18/h4-13,15-16H,14H2,1-3H3. The summed E-state index contributed by atoms with van der Waals surface area (Å²) in [5, 5.41) is 0. The second-order valence-corrected chi connectivity index (χ2v) is 5.68. The third-order valence-corrected chi connectivity index (χ3v) is 3.77. The molecule has 2 heteroatoms. The van der Waals surface area contributed by atoms with Crippen molar-refractivity contribution in [2.24, 2.45) is 0 Å². The summed E-state index contributed by atoms with van der Waals surface area (Å²) in [5.74, 6) is 0.0670. The largest absolute Gasteiger partial charge is 0.335 e. The van der Waals surface area contributed by atoms with Crippen LogP contribution in [0.1, 0.15) is 37.8 Å². The van der Waals surface area contributed by atoms with Crippen LogP contribution in [0.15, 0.2) is 60.7 Å². The molecule has 0 saturated carbocycles. The van der Waals surface area contributed by atoms with E-state index in [4.69, 9.17) is 0 Å². The van der Waals surface area contributed by atoms with Crippen LogP contribution < -0.4 is 0 Å². The normalized spacial score (nSPS) is 12.2. The van der Waals surface area contributed by atoms with Gasteiger partial charge in [-0.1, -0.05) is 60.7 Å². The van der Waals surface area contributed by atoms with Gasteiger partial charge in [-0.05, 0) is 31.9 Å². The molecule has 2 rings (SSSR count). The lowest BCUT2D eigenvalue weighted by molar-refractivity contribution is -0.134. The van der Waals surface area contributed by atoms with Gasteiger partial charge >= 0.3 is 0 Å². The van der Waals surface area contributed by atoms with Crippen LogP contribution in [-0.4, -0.2) is 16.8 Å². The Bertz CT molecular complexity index is 563. The van der Waals surface area contributed by atoms with E-state index in [-0.39, 0.29) is 17.9 Å². The van der Waals surface area contributed by atoms with E-state index in [1.54, 1.807) is 0 Å². The Labute approximate surface area is 127 Å². The molecule has 1 atom stereocenters. The molecule has 0 spiro atoms. The molecule has 0 heterocycles. The Morgan fingerprint density at radius 3 is 1.95 bits per heavy atom. The maximum Gasteiger partial charge on any atom is 0.230 e. The highest BCUT2D eigenvalue weighted by Gasteiger charge is 2.23. The predicted molar refractivity (Wildman–Crippen MR) is 87.0 cm³/mol. The monoisotopic (exact) mass is 281 g/mol. The molecular formula is C19H23NO. The molecule has 0 aliphatic rings. The van der Waals surface area contributed by atoms with Crippen molar-refractivity contribution in [2.45, 2.75) is 39.3 Å². The van der Waals surface area contributed by atoms with Crippen LogP contribution in [0.25, 0.3) is 0 Å². The van der Waals surface area contributed by atoms with Crippen LogP contribution in [0.2, 0.25) is 0 Å². The number of carbonyl (C=O) groups excluding carboxylic acids is 1. The molecule has 0 radical (unpaired) electrons. The summed E-state index contributed by atoms with van der Waals surface area (Å²) < 4.78 is 0. The molecule has 21 heavy (non-hydrogen) atoms. The van der Waals surface area contributed by atoms with Crippen LogP contribution in [0.5, 0.6) is 0 Å². The van der Waals surface area contributed by atoms with Crippen LogP contribution >= 0.6 is 0 Å². The van der Waals surface area contributed by atoms with Crippen LogP contribution in [0, 0.1) is 0 Å². The highest BCUT2D eigenvalue weighted by molar-refractivity contribution is 5.83. The predicted octanol–water partition coefficient (Wildman–Crippen LogP) is 4.23. The van der Waals surface area contributed by atoms with E-state index in [2.05, 4.69) is 26.0 Å². The molecule has 0 fully saturated rings. The summed E-state index contributed by atoms with van der Waals surface area (Å²) in [6, 6.07) is 20.3. The molecule has 0 saturated heterocycles. The van der Waals surface area contributed by atoms with E-state index < -0.39 is 0 Å². The van der Waals surface area contributed by atoms with Crippen molar-refractivity contribution in [1.29, 1.82) is 0 Å². The number of hydrogen-bond donors (Lipinski definition) is 0. The van der Waals surface area contributed by atoms with Crippen LogP contribution in [0.4, 0.5) is 0 Å². The third kappa shape index (κ3) is 3.94. The fraction of sp³-hybridized carbons (Fsp3) is 0.316. The minimum atomic E-state index is -0.114. The lowest BCUT2D eigenvalue weighted by atomic mass is 9.99. The van der Waals surface area contributed by atoms with Gasteiger partial charge in [-0.15, -0.1) is 0 Å². The number of benzene rings is 2. The zero-order valence-electron chi connectivity index (χ0n) is 13.0. The van der Waals surface area contributed by atoms with Gasteiger partial charge in [0.25, 0.3) is 0 Å². The molecule has 1 amide bonds. The SMILES string of the molecule is CC(C(=O)N(Cc1ccccc1)C(C)C)c1ccccc1. The molecule has 1 unspecified atom stereocenters. The molecule has 0 N–H and O–H groups in total. The van der Waals surface area contributed by atoms with Gasteiger partial charge in [0.2, 0.25) is 5.91 Å². The average Bonchev–Trinajstić information content (AvgIpc) is 2.53. The maximum absolute atomic E-state index is 12.8. The smallest absolute Gasteiger partial charge is 0.230 e. The molecule has 2 nitrogen and oxygen atoms in total. The first kappa shape index (κ1) is 15.3. The van der Waals surface area contributed by atoms with Gasteiger partial charge in [0, 0.05) is 12.6 Å². The van der Waals surface area contributed by atoms with Crippen molar-refractivity contribution in [3.8, 4) is 0 Å². The van der Waals surface area contributed by atoms with E-state index in [1.165, 1.54) is 5.56 Å². The van der Waals surface area contributed by atoms with E-state index in [9.17, 15) is 4.79 Å². The fourth-order valence-corrected chi connectivity index (χ4v) is 2.43. The van der Waals surface area contributed by atoms with Gasteiger partial charge in [-0.3, -0.25) is 4.79 Å². The maximum atomic E-state index is 12.8. The van der Waals surface area contributed by atoms with Crippen molar-refractivity contribution in [2.75, 3.05) is 0 Å². The molecule has 0 aromatic heterocycles. The molecule has 0 bridgehead atoms. The third-order valence-electron chi connectivity index (χ3n) is 3.77. The van der Waals surface area contributed by atoms with Gasteiger partial charge in [-0.25, -0.2) is 0 Å². The number of nitrogens with zero attached hydrogens (tertiary/aromatic N) is 1. The second-order valence-electron chi connectivity index (χ2n) is 5.68.